The number of carbonyl (C=O) groups is 2. The lowest BCUT2D eigenvalue weighted by atomic mass is 9.98. The Morgan fingerprint density at radius 3 is 2.67 bits per heavy atom. The minimum Gasteiger partial charge on any atom is -0.496 e. The van der Waals surface area contributed by atoms with E-state index in [0.29, 0.717) is 5.01 Å². The normalized spacial score (nSPS) is 14.6. The summed E-state index contributed by atoms with van der Waals surface area (Å²) in [6.07, 6.45) is -1.76. The number of hydrazine groups is 1. The highest BCUT2D eigenvalue weighted by Gasteiger charge is 2.32. The highest BCUT2D eigenvalue weighted by atomic mass is 32.1. The van der Waals surface area contributed by atoms with Crippen molar-refractivity contribution in [2.75, 3.05) is 12.4 Å². The maximum atomic E-state index is 13.5. The predicted molar refractivity (Wildman–Crippen MR) is 135 cm³/mol. The molecule has 1 aliphatic rings. The molecule has 0 radical (unpaired) electrons. The van der Waals surface area contributed by atoms with E-state index in [0.717, 1.165) is 52.1 Å². The van der Waals surface area contributed by atoms with Crippen molar-refractivity contribution in [3.05, 3.63) is 68.7 Å². The molecule has 11 nitrogen and oxygen atoms in total. The van der Waals surface area contributed by atoms with Crippen molar-refractivity contribution in [1.82, 2.24) is 25.6 Å². The maximum Gasteiger partial charge on any atom is 0.416 e. The van der Waals surface area contributed by atoms with Gasteiger partial charge >= 0.3 is 6.18 Å². The quantitative estimate of drug-likeness (QED) is 0.334. The zero-order valence-electron chi connectivity index (χ0n) is 20.3. The van der Waals surface area contributed by atoms with Gasteiger partial charge in [0.05, 0.1) is 18.2 Å². The fourth-order valence-electron chi connectivity index (χ4n) is 3.59. The molecule has 2 amide bonds. The van der Waals surface area contributed by atoms with Crippen molar-refractivity contribution in [2.45, 2.75) is 25.7 Å². The largest absolute Gasteiger partial charge is 0.496 e. The number of nitrogens with one attached hydrogen (secondary N) is 3. The number of allylic oxidation sites excluding steroid dienone is 1. The molecule has 1 aliphatic heterocycles. The molecule has 5 N–H and O–H groups in total. The summed E-state index contributed by atoms with van der Waals surface area (Å²) in [6, 6.07) is 3.33. The van der Waals surface area contributed by atoms with Gasteiger partial charge in [-0.15, -0.1) is 10.2 Å². The molecule has 15 heteroatoms. The van der Waals surface area contributed by atoms with Crippen LogP contribution >= 0.6 is 11.3 Å². The summed E-state index contributed by atoms with van der Waals surface area (Å²) in [5, 5.41) is 10.6. The van der Waals surface area contributed by atoms with Gasteiger partial charge in [-0.25, -0.2) is 5.43 Å². The van der Waals surface area contributed by atoms with E-state index in [2.05, 4.69) is 38.2 Å². The summed E-state index contributed by atoms with van der Waals surface area (Å²) in [5.74, 6) is 4.02. The summed E-state index contributed by atoms with van der Waals surface area (Å²) in [7, 11) is 1.24. The number of pyridine rings is 1. The topological polar surface area (TPSA) is 153 Å². The Morgan fingerprint density at radius 1 is 1.26 bits per heavy atom. The monoisotopic (exact) mass is 559 g/mol. The van der Waals surface area contributed by atoms with E-state index in [1.807, 2.05) is 13.0 Å². The summed E-state index contributed by atoms with van der Waals surface area (Å²) in [5.41, 5.74) is 9.63. The molecule has 3 aromatic rings. The molecular formula is C24H20F3N7O4S. The number of ether oxygens (including phenoxy) is 1. The number of hydrogen-bond acceptors (Lipinski definition) is 9. The standard InChI is InChI=1S/C24H20F3N7O4S/c1-12-7-14(31-30-12)4-6-20-32-33-23(39-20)29-22(37)16-9-21(36)34(11-19(28)35)10-17(16)15-8-13(24(25,26)27)3-5-18(15)38-2/h3,5,7-10,14,30-31H,11H2,1-2H3,(H2,28,35)(H,29,33,37). The van der Waals surface area contributed by atoms with Gasteiger partial charge in [0, 0.05) is 29.1 Å². The fourth-order valence-corrected chi connectivity index (χ4v) is 4.19. The van der Waals surface area contributed by atoms with Gasteiger partial charge in [-0.05, 0) is 37.1 Å². The zero-order valence-corrected chi connectivity index (χ0v) is 21.2. The van der Waals surface area contributed by atoms with Crippen LogP contribution in [-0.4, -0.2) is 39.7 Å². The number of amides is 2. The van der Waals surface area contributed by atoms with Crippen LogP contribution < -0.4 is 32.2 Å². The van der Waals surface area contributed by atoms with Crippen molar-refractivity contribution < 1.29 is 27.5 Å². The molecule has 0 aliphatic carbocycles. The first kappa shape index (κ1) is 27.4. The van der Waals surface area contributed by atoms with Crippen LogP contribution in [0.15, 0.2) is 47.0 Å². The van der Waals surface area contributed by atoms with Crippen molar-refractivity contribution in [3.63, 3.8) is 0 Å². The first-order valence-corrected chi connectivity index (χ1v) is 11.9. The molecule has 0 saturated heterocycles. The van der Waals surface area contributed by atoms with Crippen molar-refractivity contribution >= 4 is 28.3 Å². The van der Waals surface area contributed by atoms with Crippen LogP contribution in [0, 0.1) is 11.8 Å². The highest BCUT2D eigenvalue weighted by molar-refractivity contribution is 7.15. The number of hydrogen-bond donors (Lipinski definition) is 4. The number of primary amides is 1. The number of rotatable bonds is 6. The molecule has 0 saturated carbocycles. The Hall–Kier alpha value is -4.68. The van der Waals surface area contributed by atoms with Crippen LogP contribution in [0.3, 0.4) is 0 Å². The lowest BCUT2D eigenvalue weighted by molar-refractivity contribution is -0.137. The number of aromatic nitrogens is 3. The Morgan fingerprint density at radius 2 is 2.03 bits per heavy atom. The SMILES string of the molecule is COc1ccc(C(F)(F)F)cc1-c1cn(CC(N)=O)c(=O)cc1C(=O)Nc1nnc(C#CC2C=C(C)NN2)s1. The average molecular weight is 560 g/mol. The van der Waals surface area contributed by atoms with E-state index in [9.17, 15) is 27.6 Å². The molecule has 1 aromatic carbocycles. The number of halogens is 3. The number of alkyl halides is 3. The number of methoxy groups -OCH3 is 1. The van der Waals surface area contributed by atoms with Gasteiger partial charge in [0.15, 0.2) is 5.01 Å². The molecule has 0 spiro atoms. The second-order valence-corrected chi connectivity index (χ2v) is 9.16. The molecule has 3 heterocycles. The number of nitrogens with zero attached hydrogens (tertiary/aromatic N) is 3. The molecule has 4 rings (SSSR count). The average Bonchev–Trinajstić information content (AvgIpc) is 3.50. The molecule has 2 aromatic heterocycles. The predicted octanol–water partition coefficient (Wildman–Crippen LogP) is 1.86. The molecule has 39 heavy (non-hydrogen) atoms. The summed E-state index contributed by atoms with van der Waals surface area (Å²) < 4.78 is 46.6. The summed E-state index contributed by atoms with van der Waals surface area (Å²) >= 11 is 0.956. The number of nitrogens with two attached hydrogens (primary N) is 1. The van der Waals surface area contributed by atoms with Gasteiger partial charge in [0.2, 0.25) is 11.0 Å². The smallest absolute Gasteiger partial charge is 0.416 e. The first-order valence-electron chi connectivity index (χ1n) is 11.1. The fraction of sp³-hybridized carbons (Fsp3) is 0.208. The van der Waals surface area contributed by atoms with Crippen LogP contribution in [0.2, 0.25) is 0 Å². The maximum absolute atomic E-state index is 13.5. The zero-order chi connectivity index (χ0) is 28.3. The third-order valence-electron chi connectivity index (χ3n) is 5.34. The van der Waals surface area contributed by atoms with Gasteiger partial charge < -0.3 is 20.5 Å². The van der Waals surface area contributed by atoms with E-state index in [1.165, 1.54) is 7.11 Å². The lowest BCUT2D eigenvalue weighted by Crippen LogP contribution is -2.30. The van der Waals surface area contributed by atoms with Crippen molar-refractivity contribution in [1.29, 1.82) is 0 Å². The van der Waals surface area contributed by atoms with Gasteiger partial charge in [-0.3, -0.25) is 19.7 Å². The number of benzene rings is 1. The summed E-state index contributed by atoms with van der Waals surface area (Å²) in [6.45, 7) is 1.30. The molecule has 1 unspecified atom stereocenters. The second kappa shape index (κ2) is 11.0. The van der Waals surface area contributed by atoms with E-state index >= 15 is 0 Å². The molecule has 0 bridgehead atoms. The van der Waals surface area contributed by atoms with Crippen LogP contribution in [0.5, 0.6) is 5.75 Å². The Labute approximate surface area is 222 Å². The van der Waals surface area contributed by atoms with E-state index in [-0.39, 0.29) is 33.6 Å². The lowest BCUT2D eigenvalue weighted by Gasteiger charge is -2.17. The Kier molecular flexibility index (Phi) is 7.70. The molecule has 202 valence electrons. The van der Waals surface area contributed by atoms with Gasteiger partial charge in [-0.1, -0.05) is 17.3 Å². The van der Waals surface area contributed by atoms with E-state index in [1.54, 1.807) is 0 Å². The second-order valence-electron chi connectivity index (χ2n) is 8.18. The third kappa shape index (κ3) is 6.43. The third-order valence-corrected chi connectivity index (χ3v) is 6.09. The van der Waals surface area contributed by atoms with Crippen LogP contribution in [0.1, 0.15) is 27.9 Å². The van der Waals surface area contributed by atoms with Gasteiger partial charge in [0.1, 0.15) is 18.3 Å². The van der Waals surface area contributed by atoms with Gasteiger partial charge in [-0.2, -0.15) is 13.2 Å². The molecular weight excluding hydrogens is 539 g/mol. The Bertz CT molecular complexity index is 1600. The van der Waals surface area contributed by atoms with Crippen molar-refractivity contribution in [3.8, 4) is 28.7 Å². The summed E-state index contributed by atoms with van der Waals surface area (Å²) in [4.78, 5) is 37.4. The Balaban J connectivity index is 1.73. The minimum atomic E-state index is -4.70. The molecule has 0 fully saturated rings. The van der Waals surface area contributed by atoms with Crippen LogP contribution in [-0.2, 0) is 17.5 Å². The van der Waals surface area contributed by atoms with Crippen molar-refractivity contribution in [2.24, 2.45) is 5.73 Å². The van der Waals surface area contributed by atoms with E-state index < -0.39 is 35.7 Å². The van der Waals surface area contributed by atoms with Gasteiger partial charge in [0.25, 0.3) is 11.5 Å². The number of anilines is 1. The van der Waals surface area contributed by atoms with Crippen LogP contribution in [0.25, 0.3) is 11.1 Å². The number of carbonyl (C=O) groups excluding carboxylic acids is 2. The van der Waals surface area contributed by atoms with E-state index in [4.69, 9.17) is 10.5 Å². The highest BCUT2D eigenvalue weighted by Crippen LogP contribution is 2.38. The first-order chi connectivity index (χ1) is 18.4. The van der Waals surface area contributed by atoms with Crippen LogP contribution in [0.4, 0.5) is 18.3 Å². The minimum absolute atomic E-state index is 0.00546. The molecule has 1 atom stereocenters.